The van der Waals surface area contributed by atoms with Crippen molar-refractivity contribution in [2.24, 2.45) is 5.16 Å². The molecule has 13 heteroatoms. The highest BCUT2D eigenvalue weighted by molar-refractivity contribution is 7.90. The molecule has 0 saturated heterocycles. The van der Waals surface area contributed by atoms with Crippen LogP contribution in [-0.4, -0.2) is 43.8 Å². The molecule has 2 aromatic rings. The Kier molecular flexibility index (Phi) is 6.77. The number of nitrogens with one attached hydrogen (secondary N) is 2. The number of amides is 2. The first-order chi connectivity index (χ1) is 12.8. The highest BCUT2D eigenvalue weighted by Gasteiger charge is 2.23. The summed E-state index contributed by atoms with van der Waals surface area (Å²) in [5.41, 5.74) is 0.0435. The van der Waals surface area contributed by atoms with Crippen LogP contribution in [0.1, 0.15) is 5.56 Å². The maximum Gasteiger partial charge on any atom is 0.335 e. The molecule has 0 bridgehead atoms. The average Bonchev–Trinajstić information content (AvgIpc) is 2.60. The van der Waals surface area contributed by atoms with Gasteiger partial charge in [0.15, 0.2) is 5.17 Å². The summed E-state index contributed by atoms with van der Waals surface area (Å²) in [5.74, 6) is -0.166. The Bertz CT molecular complexity index is 984. The molecule has 0 fully saturated rings. The Morgan fingerprint density at radius 3 is 2.59 bits per heavy atom. The zero-order chi connectivity index (χ0) is 20.0. The Labute approximate surface area is 164 Å². The molecule has 1 aromatic carbocycles. The topological polar surface area (TPSA) is 132 Å². The molecule has 1 heterocycles. The monoisotopic (exact) mass is 433 g/mol. The number of urea groups is 1. The molecule has 10 nitrogen and oxygen atoms in total. The maximum atomic E-state index is 12.5. The fourth-order valence-corrected chi connectivity index (χ4v) is 3.44. The van der Waals surface area contributed by atoms with E-state index < -0.39 is 16.1 Å². The summed E-state index contributed by atoms with van der Waals surface area (Å²) in [4.78, 5) is 23.9. The van der Waals surface area contributed by atoms with Crippen molar-refractivity contribution in [3.63, 3.8) is 0 Å². The van der Waals surface area contributed by atoms with Crippen molar-refractivity contribution < 1.29 is 22.8 Å². The van der Waals surface area contributed by atoms with Crippen LogP contribution in [0.2, 0.25) is 5.15 Å². The van der Waals surface area contributed by atoms with E-state index in [1.165, 1.54) is 38.5 Å². The first-order valence-electron chi connectivity index (χ1n) is 7.05. The number of nitrogens with zero attached hydrogens (tertiary/aromatic N) is 3. The first kappa shape index (κ1) is 20.7. The normalized spacial score (nSPS) is 11.6. The Morgan fingerprint density at radius 2 is 1.93 bits per heavy atom. The molecule has 0 atom stereocenters. The van der Waals surface area contributed by atoms with Gasteiger partial charge in [-0.2, -0.15) is 4.98 Å². The van der Waals surface area contributed by atoms with Gasteiger partial charge in [-0.1, -0.05) is 46.6 Å². The molecule has 144 valence electrons. The van der Waals surface area contributed by atoms with Crippen molar-refractivity contribution >= 4 is 50.4 Å². The number of benzene rings is 1. The van der Waals surface area contributed by atoms with E-state index in [0.29, 0.717) is 0 Å². The van der Waals surface area contributed by atoms with Gasteiger partial charge in [-0.25, -0.2) is 22.9 Å². The van der Waals surface area contributed by atoms with E-state index in [0.717, 1.165) is 0 Å². The van der Waals surface area contributed by atoms with Crippen molar-refractivity contribution in [3.05, 3.63) is 41.0 Å². The quantitative estimate of drug-likeness (QED) is 0.405. The van der Waals surface area contributed by atoms with Crippen LogP contribution in [0, 0.1) is 0 Å². The summed E-state index contributed by atoms with van der Waals surface area (Å²) in [5, 5.41) is 5.43. The second kappa shape index (κ2) is 8.84. The van der Waals surface area contributed by atoms with Gasteiger partial charge in [0.25, 0.3) is 10.0 Å². The van der Waals surface area contributed by atoms with Crippen molar-refractivity contribution in [3.8, 4) is 5.88 Å². The minimum atomic E-state index is -4.30. The van der Waals surface area contributed by atoms with Gasteiger partial charge >= 0.3 is 6.03 Å². The molecule has 0 unspecified atom stereocenters. The van der Waals surface area contributed by atoms with Crippen molar-refractivity contribution in [1.82, 2.24) is 14.7 Å². The largest absolute Gasteiger partial charge is 0.481 e. The number of carbonyl (C=O) groups is 1. The molecule has 0 saturated carbocycles. The Hall–Kier alpha value is -2.63. The number of ether oxygens (including phenoxy) is 1. The van der Waals surface area contributed by atoms with Crippen molar-refractivity contribution in [2.45, 2.75) is 4.90 Å². The number of methoxy groups -OCH3 is 1. The number of hydrogen-bond donors (Lipinski definition) is 2. The van der Waals surface area contributed by atoms with Gasteiger partial charge in [-0.3, -0.25) is 5.32 Å². The van der Waals surface area contributed by atoms with Gasteiger partial charge in [-0.15, -0.1) is 0 Å². The number of oxime groups is 1. The number of aromatic nitrogens is 2. The standard InChI is InChI=1S/C14H13Cl2N5O5S/c1-25-11-7-10(15)17-13(18-11)19-14(22)21-27(23,24)9-6-4-3-5-8(9)12(16)20-26-2/h3-7H,1-2H3,(H2,17,18,19,21,22). The highest BCUT2D eigenvalue weighted by Crippen LogP contribution is 2.19. The first-order valence-corrected chi connectivity index (χ1v) is 9.29. The number of anilines is 1. The maximum absolute atomic E-state index is 12.5. The molecule has 1 aromatic heterocycles. The van der Waals surface area contributed by atoms with E-state index in [9.17, 15) is 13.2 Å². The number of halogens is 2. The fourth-order valence-electron chi connectivity index (χ4n) is 1.86. The number of carbonyl (C=O) groups excluding carboxylic acids is 1. The van der Waals surface area contributed by atoms with Crippen LogP contribution in [0.15, 0.2) is 40.4 Å². The second-order valence-electron chi connectivity index (χ2n) is 4.68. The second-order valence-corrected chi connectivity index (χ2v) is 7.07. The van der Waals surface area contributed by atoms with Gasteiger partial charge in [0.2, 0.25) is 11.8 Å². The Balaban J connectivity index is 2.26. The van der Waals surface area contributed by atoms with Crippen LogP contribution in [0.25, 0.3) is 0 Å². The third kappa shape index (κ3) is 5.42. The zero-order valence-electron chi connectivity index (χ0n) is 13.9. The lowest BCUT2D eigenvalue weighted by molar-refractivity contribution is 0.214. The van der Waals surface area contributed by atoms with Gasteiger partial charge in [0.1, 0.15) is 12.3 Å². The molecule has 2 N–H and O–H groups in total. The van der Waals surface area contributed by atoms with Gasteiger partial charge in [0.05, 0.1) is 12.0 Å². The lowest BCUT2D eigenvalue weighted by Crippen LogP contribution is -2.35. The Morgan fingerprint density at radius 1 is 1.22 bits per heavy atom. The van der Waals surface area contributed by atoms with E-state index in [-0.39, 0.29) is 32.6 Å². The summed E-state index contributed by atoms with van der Waals surface area (Å²) in [6, 6.07) is 5.86. The summed E-state index contributed by atoms with van der Waals surface area (Å²) in [7, 11) is -1.71. The van der Waals surface area contributed by atoms with Crippen molar-refractivity contribution in [1.29, 1.82) is 0 Å². The number of sulfonamides is 1. The molecular formula is C14H13Cl2N5O5S. The summed E-state index contributed by atoms with van der Waals surface area (Å²) in [6.07, 6.45) is 0. The smallest absolute Gasteiger partial charge is 0.335 e. The van der Waals surface area contributed by atoms with Crippen molar-refractivity contribution in [2.75, 3.05) is 19.5 Å². The van der Waals surface area contributed by atoms with E-state index in [1.54, 1.807) is 6.07 Å². The lowest BCUT2D eigenvalue weighted by Gasteiger charge is -2.11. The average molecular weight is 434 g/mol. The minimum absolute atomic E-state index is 0.00656. The summed E-state index contributed by atoms with van der Waals surface area (Å²) < 4.78 is 31.8. The van der Waals surface area contributed by atoms with Crippen LogP contribution >= 0.6 is 23.2 Å². The lowest BCUT2D eigenvalue weighted by atomic mass is 10.2. The zero-order valence-corrected chi connectivity index (χ0v) is 16.3. The van der Waals surface area contributed by atoms with Gasteiger partial charge in [0, 0.05) is 11.6 Å². The van der Waals surface area contributed by atoms with Crippen LogP contribution in [-0.2, 0) is 14.9 Å². The number of rotatable bonds is 6. The summed E-state index contributed by atoms with van der Waals surface area (Å²) in [6.45, 7) is 0. The summed E-state index contributed by atoms with van der Waals surface area (Å²) >= 11 is 11.7. The molecule has 0 aliphatic carbocycles. The molecule has 0 aliphatic heterocycles. The predicted octanol–water partition coefficient (Wildman–Crippen LogP) is 2.20. The molecule has 27 heavy (non-hydrogen) atoms. The fraction of sp³-hybridized carbons (Fsp3) is 0.143. The van der Waals surface area contributed by atoms with Gasteiger partial charge in [-0.05, 0) is 6.07 Å². The van der Waals surface area contributed by atoms with Gasteiger partial charge < -0.3 is 9.57 Å². The van der Waals surface area contributed by atoms with Crippen LogP contribution < -0.4 is 14.8 Å². The van der Waals surface area contributed by atoms with Crippen LogP contribution in [0.3, 0.4) is 0 Å². The SMILES string of the molecule is CON=C(Cl)c1ccccc1S(=O)(=O)NC(=O)Nc1nc(Cl)cc(OC)n1. The molecule has 0 aliphatic rings. The van der Waals surface area contributed by atoms with Crippen LogP contribution in [0.4, 0.5) is 10.7 Å². The molecule has 0 spiro atoms. The van der Waals surface area contributed by atoms with E-state index in [1.807, 2.05) is 4.72 Å². The molecule has 0 radical (unpaired) electrons. The third-order valence-corrected chi connectivity index (χ3v) is 4.76. The predicted molar refractivity (Wildman–Crippen MR) is 98.8 cm³/mol. The third-order valence-electron chi connectivity index (χ3n) is 2.90. The molecule has 2 amide bonds. The van der Waals surface area contributed by atoms with E-state index >= 15 is 0 Å². The van der Waals surface area contributed by atoms with E-state index in [4.69, 9.17) is 27.9 Å². The van der Waals surface area contributed by atoms with Crippen LogP contribution in [0.5, 0.6) is 5.88 Å². The minimum Gasteiger partial charge on any atom is -0.481 e. The number of hydrogen-bond acceptors (Lipinski definition) is 8. The van der Waals surface area contributed by atoms with E-state index in [2.05, 4.69) is 25.3 Å². The molecular weight excluding hydrogens is 421 g/mol. The highest BCUT2D eigenvalue weighted by atomic mass is 35.5. The molecule has 2 rings (SSSR count).